The van der Waals surface area contributed by atoms with Crippen LogP contribution in [-0.4, -0.2) is 28.6 Å². The van der Waals surface area contributed by atoms with Crippen LogP contribution in [0.15, 0.2) is 0 Å². The molecule has 1 saturated carbocycles. The Bertz CT molecular complexity index is 272. The SMILES string of the molecule is CC[C@H](N)C(=O)NC1(C(=O)O)CCCCC1. The summed E-state index contributed by atoms with van der Waals surface area (Å²) in [5, 5.41) is 11.9. The predicted molar refractivity (Wildman–Crippen MR) is 59.9 cm³/mol. The smallest absolute Gasteiger partial charge is 0.329 e. The van der Waals surface area contributed by atoms with E-state index in [1.807, 2.05) is 0 Å². The van der Waals surface area contributed by atoms with Gasteiger partial charge >= 0.3 is 5.97 Å². The molecule has 0 unspecified atom stereocenters. The summed E-state index contributed by atoms with van der Waals surface area (Å²) >= 11 is 0. The number of carbonyl (C=O) groups excluding carboxylic acids is 1. The van der Waals surface area contributed by atoms with Gasteiger partial charge in [-0.15, -0.1) is 0 Å². The van der Waals surface area contributed by atoms with E-state index in [9.17, 15) is 14.7 Å². The first kappa shape index (κ1) is 13.0. The molecule has 5 nitrogen and oxygen atoms in total. The molecule has 1 aliphatic carbocycles. The zero-order chi connectivity index (χ0) is 12.2. The number of nitrogens with two attached hydrogens (primary N) is 1. The third-order valence-corrected chi connectivity index (χ3v) is 3.26. The Morgan fingerprint density at radius 2 is 1.94 bits per heavy atom. The molecule has 0 radical (unpaired) electrons. The van der Waals surface area contributed by atoms with E-state index in [1.165, 1.54) is 0 Å². The van der Waals surface area contributed by atoms with Gasteiger partial charge in [-0.25, -0.2) is 4.79 Å². The van der Waals surface area contributed by atoms with Crippen molar-refractivity contribution in [2.24, 2.45) is 5.73 Å². The van der Waals surface area contributed by atoms with Gasteiger partial charge in [-0.05, 0) is 19.3 Å². The molecule has 1 aliphatic rings. The lowest BCUT2D eigenvalue weighted by Crippen LogP contribution is -2.58. The second-order valence-corrected chi connectivity index (χ2v) is 4.45. The van der Waals surface area contributed by atoms with Gasteiger partial charge in [-0.3, -0.25) is 4.79 Å². The maximum atomic E-state index is 11.7. The lowest BCUT2D eigenvalue weighted by Gasteiger charge is -2.34. The minimum Gasteiger partial charge on any atom is -0.480 e. The second kappa shape index (κ2) is 5.30. The number of carboxylic acid groups (broad SMARTS) is 1. The van der Waals surface area contributed by atoms with E-state index in [-0.39, 0.29) is 5.91 Å². The van der Waals surface area contributed by atoms with Gasteiger partial charge in [0, 0.05) is 0 Å². The van der Waals surface area contributed by atoms with Crippen LogP contribution in [0.4, 0.5) is 0 Å². The Hall–Kier alpha value is -1.10. The summed E-state index contributed by atoms with van der Waals surface area (Å²) in [4.78, 5) is 22.9. The molecule has 0 aromatic rings. The van der Waals surface area contributed by atoms with Gasteiger partial charge in [0.25, 0.3) is 0 Å². The van der Waals surface area contributed by atoms with E-state index in [0.29, 0.717) is 19.3 Å². The molecule has 1 atom stereocenters. The van der Waals surface area contributed by atoms with Crippen molar-refractivity contribution in [3.05, 3.63) is 0 Å². The van der Waals surface area contributed by atoms with E-state index >= 15 is 0 Å². The predicted octanol–water partition coefficient (Wildman–Crippen LogP) is 0.627. The Labute approximate surface area is 95.4 Å². The van der Waals surface area contributed by atoms with Crippen LogP contribution in [0.2, 0.25) is 0 Å². The van der Waals surface area contributed by atoms with Gasteiger partial charge in [0.2, 0.25) is 5.91 Å². The van der Waals surface area contributed by atoms with Crippen molar-refractivity contribution in [3.8, 4) is 0 Å². The van der Waals surface area contributed by atoms with E-state index in [4.69, 9.17) is 5.73 Å². The van der Waals surface area contributed by atoms with Gasteiger partial charge in [0.1, 0.15) is 5.54 Å². The topological polar surface area (TPSA) is 92.4 Å². The molecule has 0 aliphatic heterocycles. The van der Waals surface area contributed by atoms with Crippen molar-refractivity contribution in [2.45, 2.75) is 57.0 Å². The van der Waals surface area contributed by atoms with Crippen LogP contribution >= 0.6 is 0 Å². The third-order valence-electron chi connectivity index (χ3n) is 3.26. The first-order valence-electron chi connectivity index (χ1n) is 5.83. The Morgan fingerprint density at radius 3 is 2.38 bits per heavy atom. The number of hydrogen-bond donors (Lipinski definition) is 3. The number of aliphatic carboxylic acids is 1. The highest BCUT2D eigenvalue weighted by Gasteiger charge is 2.41. The monoisotopic (exact) mass is 228 g/mol. The van der Waals surface area contributed by atoms with Crippen molar-refractivity contribution in [1.29, 1.82) is 0 Å². The third kappa shape index (κ3) is 2.72. The van der Waals surface area contributed by atoms with E-state index in [0.717, 1.165) is 19.3 Å². The lowest BCUT2D eigenvalue weighted by atomic mass is 9.81. The van der Waals surface area contributed by atoms with Gasteiger partial charge in [-0.1, -0.05) is 26.2 Å². The normalized spacial score (nSPS) is 21.1. The highest BCUT2D eigenvalue weighted by molar-refractivity contribution is 5.89. The fourth-order valence-electron chi connectivity index (χ4n) is 2.06. The zero-order valence-corrected chi connectivity index (χ0v) is 9.66. The van der Waals surface area contributed by atoms with Gasteiger partial charge in [-0.2, -0.15) is 0 Å². The maximum absolute atomic E-state index is 11.7. The molecule has 1 rings (SSSR count). The molecule has 0 bridgehead atoms. The molecule has 0 heterocycles. The van der Waals surface area contributed by atoms with E-state index in [2.05, 4.69) is 5.32 Å². The van der Waals surface area contributed by atoms with Crippen molar-refractivity contribution >= 4 is 11.9 Å². The quantitative estimate of drug-likeness (QED) is 0.658. The minimum absolute atomic E-state index is 0.355. The summed E-state index contributed by atoms with van der Waals surface area (Å²) in [6, 6.07) is -0.613. The van der Waals surface area contributed by atoms with Crippen LogP contribution in [0.25, 0.3) is 0 Å². The molecule has 4 N–H and O–H groups in total. The molecule has 92 valence electrons. The highest BCUT2D eigenvalue weighted by Crippen LogP contribution is 2.28. The molecule has 1 amide bonds. The van der Waals surface area contributed by atoms with Crippen LogP contribution in [-0.2, 0) is 9.59 Å². The first-order valence-corrected chi connectivity index (χ1v) is 5.83. The maximum Gasteiger partial charge on any atom is 0.329 e. The molecule has 0 saturated heterocycles. The fraction of sp³-hybridized carbons (Fsp3) is 0.818. The summed E-state index contributed by atoms with van der Waals surface area (Å²) in [7, 11) is 0. The largest absolute Gasteiger partial charge is 0.480 e. The lowest BCUT2D eigenvalue weighted by molar-refractivity contribution is -0.149. The standard InChI is InChI=1S/C11H20N2O3/c1-2-8(12)9(14)13-11(10(15)16)6-4-3-5-7-11/h8H,2-7,12H2,1H3,(H,13,14)(H,15,16)/t8-/m0/s1. The van der Waals surface area contributed by atoms with Gasteiger partial charge in [0.05, 0.1) is 6.04 Å². The van der Waals surface area contributed by atoms with Crippen LogP contribution in [0.3, 0.4) is 0 Å². The zero-order valence-electron chi connectivity index (χ0n) is 9.66. The van der Waals surface area contributed by atoms with E-state index < -0.39 is 17.6 Å². The van der Waals surface area contributed by atoms with Crippen LogP contribution in [0, 0.1) is 0 Å². The fourth-order valence-corrected chi connectivity index (χ4v) is 2.06. The second-order valence-electron chi connectivity index (χ2n) is 4.45. The average Bonchev–Trinajstić information content (AvgIpc) is 2.28. The van der Waals surface area contributed by atoms with Crippen molar-refractivity contribution in [3.63, 3.8) is 0 Å². The van der Waals surface area contributed by atoms with E-state index in [1.54, 1.807) is 6.92 Å². The number of nitrogens with one attached hydrogen (secondary N) is 1. The average molecular weight is 228 g/mol. The van der Waals surface area contributed by atoms with Crippen LogP contribution in [0.5, 0.6) is 0 Å². The summed E-state index contributed by atoms with van der Waals surface area (Å²) in [6.07, 6.45) is 4.24. The van der Waals surface area contributed by atoms with Gasteiger partial charge in [0.15, 0.2) is 0 Å². The molecule has 16 heavy (non-hydrogen) atoms. The summed E-state index contributed by atoms with van der Waals surface area (Å²) in [6.45, 7) is 1.80. The summed E-state index contributed by atoms with van der Waals surface area (Å²) in [5.41, 5.74) is 4.51. The van der Waals surface area contributed by atoms with Crippen molar-refractivity contribution < 1.29 is 14.7 Å². The summed E-state index contributed by atoms with van der Waals surface area (Å²) in [5.74, 6) is -1.30. The minimum atomic E-state index is -1.08. The van der Waals surface area contributed by atoms with Crippen molar-refractivity contribution in [2.75, 3.05) is 0 Å². The Balaban J connectivity index is 2.71. The molecular weight excluding hydrogens is 208 g/mol. The molecule has 0 aromatic carbocycles. The number of hydrogen-bond acceptors (Lipinski definition) is 3. The molecular formula is C11H20N2O3. The first-order chi connectivity index (χ1) is 7.52. The van der Waals surface area contributed by atoms with Gasteiger partial charge < -0.3 is 16.2 Å². The number of carboxylic acids is 1. The van der Waals surface area contributed by atoms with Crippen LogP contribution in [0.1, 0.15) is 45.4 Å². The summed E-state index contributed by atoms with van der Waals surface area (Å²) < 4.78 is 0. The Kier molecular flexibility index (Phi) is 4.29. The van der Waals surface area contributed by atoms with Crippen molar-refractivity contribution in [1.82, 2.24) is 5.32 Å². The molecule has 0 spiro atoms. The highest BCUT2D eigenvalue weighted by atomic mass is 16.4. The number of amides is 1. The van der Waals surface area contributed by atoms with Crippen LogP contribution < -0.4 is 11.1 Å². The molecule has 0 aromatic heterocycles. The molecule has 5 heteroatoms. The number of carbonyl (C=O) groups is 2. The molecule has 1 fully saturated rings. The number of rotatable bonds is 4. The Morgan fingerprint density at radius 1 is 1.38 bits per heavy atom.